The maximum Gasteiger partial charge on any atom is 0.269 e. The second-order valence-corrected chi connectivity index (χ2v) is 5.72. The van der Waals surface area contributed by atoms with Crippen molar-refractivity contribution in [1.82, 2.24) is 9.55 Å². The maximum absolute atomic E-state index is 12.8. The van der Waals surface area contributed by atoms with Crippen molar-refractivity contribution in [3.05, 3.63) is 65.1 Å². The van der Waals surface area contributed by atoms with Crippen molar-refractivity contribution >= 4 is 34.2 Å². The highest BCUT2D eigenvalue weighted by molar-refractivity contribution is 6.09. The first-order valence-corrected chi connectivity index (χ1v) is 7.77. The number of carbonyl (C=O) groups is 2. The van der Waals surface area contributed by atoms with E-state index in [9.17, 15) is 14.4 Å². The number of hydrogen-bond donors (Lipinski definition) is 1. The van der Waals surface area contributed by atoms with Gasteiger partial charge in [0, 0.05) is 0 Å². The highest BCUT2D eigenvalue weighted by Gasteiger charge is 2.27. The van der Waals surface area contributed by atoms with Crippen LogP contribution in [-0.2, 0) is 16.1 Å². The molecular formula is C18H14N4O3. The van der Waals surface area contributed by atoms with E-state index in [1.54, 1.807) is 42.5 Å². The van der Waals surface area contributed by atoms with Gasteiger partial charge in [-0.2, -0.15) is 0 Å². The molecule has 1 N–H and O–H groups in total. The van der Waals surface area contributed by atoms with Crippen LogP contribution in [0.3, 0.4) is 0 Å². The van der Waals surface area contributed by atoms with Crippen LogP contribution < -0.4 is 15.8 Å². The second-order valence-electron chi connectivity index (χ2n) is 5.72. The zero-order valence-electron chi connectivity index (χ0n) is 13.2. The molecule has 0 bridgehead atoms. The molecule has 0 spiro atoms. The molecule has 25 heavy (non-hydrogen) atoms. The molecule has 3 aromatic rings. The fourth-order valence-corrected chi connectivity index (χ4v) is 2.95. The Morgan fingerprint density at radius 1 is 1.08 bits per heavy atom. The van der Waals surface area contributed by atoms with Crippen molar-refractivity contribution in [2.24, 2.45) is 0 Å². The minimum absolute atomic E-state index is 0.0758. The van der Waals surface area contributed by atoms with Crippen LogP contribution >= 0.6 is 0 Å². The topological polar surface area (TPSA) is 84.3 Å². The summed E-state index contributed by atoms with van der Waals surface area (Å²) in [6.45, 7) is -0.239. The third kappa shape index (κ3) is 2.65. The summed E-state index contributed by atoms with van der Waals surface area (Å²) in [5.74, 6) is -0.597. The first kappa shape index (κ1) is 15.1. The first-order chi connectivity index (χ1) is 12.1. The molecule has 7 heteroatoms. The van der Waals surface area contributed by atoms with Crippen LogP contribution in [-0.4, -0.2) is 27.9 Å². The molecule has 0 saturated heterocycles. The number of rotatable bonds is 2. The van der Waals surface area contributed by atoms with Crippen LogP contribution in [0.15, 0.2) is 59.5 Å². The van der Waals surface area contributed by atoms with Crippen LogP contribution in [0.2, 0.25) is 0 Å². The lowest BCUT2D eigenvalue weighted by Crippen LogP contribution is -2.44. The summed E-state index contributed by atoms with van der Waals surface area (Å²) >= 11 is 0. The largest absolute Gasteiger partial charge is 0.323 e. The van der Waals surface area contributed by atoms with Gasteiger partial charge < -0.3 is 5.32 Å². The molecule has 0 fully saturated rings. The molecule has 0 aliphatic carbocycles. The predicted molar refractivity (Wildman–Crippen MR) is 93.4 cm³/mol. The molecule has 124 valence electrons. The van der Waals surface area contributed by atoms with E-state index in [0.29, 0.717) is 22.4 Å². The molecular weight excluding hydrogens is 320 g/mol. The van der Waals surface area contributed by atoms with Crippen molar-refractivity contribution < 1.29 is 9.59 Å². The van der Waals surface area contributed by atoms with Gasteiger partial charge >= 0.3 is 0 Å². The smallest absolute Gasteiger partial charge is 0.269 e. The van der Waals surface area contributed by atoms with E-state index < -0.39 is 0 Å². The van der Waals surface area contributed by atoms with Crippen LogP contribution in [0.1, 0.15) is 0 Å². The minimum atomic E-state index is -0.359. The molecule has 4 rings (SSSR count). The lowest BCUT2D eigenvalue weighted by Gasteiger charge is -2.29. The molecule has 0 unspecified atom stereocenters. The summed E-state index contributed by atoms with van der Waals surface area (Å²) in [6, 6.07) is 14.2. The summed E-state index contributed by atoms with van der Waals surface area (Å²) < 4.78 is 1.37. The number of hydrogen-bond acceptors (Lipinski definition) is 4. The van der Waals surface area contributed by atoms with Crippen molar-refractivity contribution in [1.29, 1.82) is 0 Å². The normalized spacial score (nSPS) is 13.4. The molecule has 2 heterocycles. The molecule has 2 amide bonds. The Labute approximate surface area is 142 Å². The summed E-state index contributed by atoms with van der Waals surface area (Å²) in [5, 5.41) is 2.74. The second kappa shape index (κ2) is 5.86. The van der Waals surface area contributed by atoms with Gasteiger partial charge in [-0.3, -0.25) is 23.9 Å². The van der Waals surface area contributed by atoms with Gasteiger partial charge in [0.2, 0.25) is 11.8 Å². The van der Waals surface area contributed by atoms with E-state index in [1.165, 1.54) is 15.7 Å². The van der Waals surface area contributed by atoms with Gasteiger partial charge in [0.1, 0.15) is 13.1 Å². The SMILES string of the molecule is O=C1CN(C(=O)Cn2c(=O)cnc3ccccc32)c2ccccc2N1. The zero-order valence-corrected chi connectivity index (χ0v) is 13.2. The Balaban J connectivity index is 1.73. The quantitative estimate of drug-likeness (QED) is 0.767. The minimum Gasteiger partial charge on any atom is -0.323 e. The van der Waals surface area contributed by atoms with Crippen molar-refractivity contribution in [2.75, 3.05) is 16.8 Å². The van der Waals surface area contributed by atoms with Gasteiger partial charge in [-0.15, -0.1) is 0 Å². The number of para-hydroxylation sites is 4. The van der Waals surface area contributed by atoms with E-state index in [0.717, 1.165) is 0 Å². The first-order valence-electron chi connectivity index (χ1n) is 7.77. The molecule has 7 nitrogen and oxygen atoms in total. The van der Waals surface area contributed by atoms with Crippen LogP contribution in [0, 0.1) is 0 Å². The summed E-state index contributed by atoms with van der Waals surface area (Å²) in [7, 11) is 0. The van der Waals surface area contributed by atoms with E-state index in [-0.39, 0.29) is 30.5 Å². The Kier molecular flexibility index (Phi) is 3.53. The average molecular weight is 334 g/mol. The van der Waals surface area contributed by atoms with Crippen molar-refractivity contribution in [3.8, 4) is 0 Å². The van der Waals surface area contributed by atoms with Gasteiger partial charge in [-0.25, -0.2) is 4.98 Å². The number of benzene rings is 2. The zero-order chi connectivity index (χ0) is 17.4. The number of aromatic nitrogens is 2. The third-order valence-corrected chi connectivity index (χ3v) is 4.12. The van der Waals surface area contributed by atoms with Gasteiger partial charge in [-0.1, -0.05) is 24.3 Å². The Morgan fingerprint density at radius 2 is 1.84 bits per heavy atom. The van der Waals surface area contributed by atoms with E-state index in [4.69, 9.17) is 0 Å². The number of nitrogens with zero attached hydrogens (tertiary/aromatic N) is 3. The monoisotopic (exact) mass is 334 g/mol. The maximum atomic E-state index is 12.8. The number of carbonyl (C=O) groups excluding carboxylic acids is 2. The summed E-state index contributed by atoms with van der Waals surface area (Å²) in [4.78, 5) is 42.4. The standard InChI is InChI=1S/C18H14N4O3/c23-16-10-21(15-8-4-2-6-13(15)20-16)18(25)11-22-14-7-3-1-5-12(14)19-9-17(22)24/h1-9H,10-11H2,(H,20,23). The van der Waals surface area contributed by atoms with E-state index >= 15 is 0 Å². The van der Waals surface area contributed by atoms with E-state index in [2.05, 4.69) is 10.3 Å². The van der Waals surface area contributed by atoms with Crippen molar-refractivity contribution in [3.63, 3.8) is 0 Å². The van der Waals surface area contributed by atoms with Gasteiger partial charge in [0.15, 0.2) is 0 Å². The number of fused-ring (bicyclic) bond motifs is 2. The molecule has 1 aliphatic heterocycles. The highest BCUT2D eigenvalue weighted by Crippen LogP contribution is 2.29. The molecule has 2 aromatic carbocycles. The lowest BCUT2D eigenvalue weighted by molar-refractivity contribution is -0.122. The number of anilines is 2. The van der Waals surface area contributed by atoms with Gasteiger partial charge in [-0.05, 0) is 24.3 Å². The molecule has 1 aromatic heterocycles. The summed E-state index contributed by atoms with van der Waals surface area (Å²) in [6.07, 6.45) is 1.20. The van der Waals surface area contributed by atoms with Crippen LogP contribution in [0.4, 0.5) is 11.4 Å². The molecule has 1 aliphatic rings. The van der Waals surface area contributed by atoms with Crippen molar-refractivity contribution in [2.45, 2.75) is 6.54 Å². The Hall–Kier alpha value is -3.48. The average Bonchev–Trinajstić information content (AvgIpc) is 2.63. The fourth-order valence-electron chi connectivity index (χ4n) is 2.95. The van der Waals surface area contributed by atoms with Gasteiger partial charge in [0.05, 0.1) is 28.6 Å². The predicted octanol–water partition coefficient (Wildman–Crippen LogP) is 1.38. The Morgan fingerprint density at radius 3 is 2.72 bits per heavy atom. The fraction of sp³-hybridized carbons (Fsp3) is 0.111. The van der Waals surface area contributed by atoms with E-state index in [1.807, 2.05) is 6.07 Å². The number of amides is 2. The molecule has 0 radical (unpaired) electrons. The summed E-state index contributed by atoms with van der Waals surface area (Å²) in [5.41, 5.74) is 2.06. The molecule has 0 atom stereocenters. The molecule has 0 saturated carbocycles. The Bertz CT molecular complexity index is 1060. The van der Waals surface area contributed by atoms with Crippen LogP contribution in [0.25, 0.3) is 11.0 Å². The highest BCUT2D eigenvalue weighted by atomic mass is 16.2. The van der Waals surface area contributed by atoms with Crippen LogP contribution in [0.5, 0.6) is 0 Å². The number of nitrogens with one attached hydrogen (secondary N) is 1. The van der Waals surface area contributed by atoms with Gasteiger partial charge in [0.25, 0.3) is 5.56 Å². The lowest BCUT2D eigenvalue weighted by atomic mass is 10.2. The third-order valence-electron chi connectivity index (χ3n) is 4.12.